The van der Waals surface area contributed by atoms with Gasteiger partial charge in [0.05, 0.1) is 36.3 Å². The molecule has 0 unspecified atom stereocenters. The number of benzene rings is 1. The first-order valence-corrected chi connectivity index (χ1v) is 10.2. The third-order valence-electron chi connectivity index (χ3n) is 5.12. The fourth-order valence-electron chi connectivity index (χ4n) is 3.51. The van der Waals surface area contributed by atoms with Crippen LogP contribution in [0.2, 0.25) is 0 Å². The number of aliphatic imine (C=N–C) groups is 1. The molecule has 3 heterocycles. The van der Waals surface area contributed by atoms with Gasteiger partial charge in [0.25, 0.3) is 0 Å². The van der Waals surface area contributed by atoms with E-state index in [0.29, 0.717) is 34.2 Å². The molecule has 160 valence electrons. The second kappa shape index (κ2) is 8.51. The molecular weight excluding hydrogens is 418 g/mol. The van der Waals surface area contributed by atoms with Gasteiger partial charge in [-0.15, -0.1) is 0 Å². The zero-order valence-electron chi connectivity index (χ0n) is 17.6. The lowest BCUT2D eigenvalue weighted by atomic mass is 9.94. The van der Waals surface area contributed by atoms with Gasteiger partial charge in [0.15, 0.2) is 5.78 Å². The van der Waals surface area contributed by atoms with Crippen LogP contribution in [0.5, 0.6) is 5.75 Å². The summed E-state index contributed by atoms with van der Waals surface area (Å²) in [4.78, 5) is 48.5. The molecule has 1 aliphatic carbocycles. The minimum atomic E-state index is -0.433. The highest BCUT2D eigenvalue weighted by molar-refractivity contribution is 6.52. The zero-order chi connectivity index (χ0) is 22.8. The molecule has 0 fully saturated rings. The van der Waals surface area contributed by atoms with Crippen LogP contribution in [0, 0.1) is 0 Å². The number of hydrogen-bond acceptors (Lipinski definition) is 8. The van der Waals surface area contributed by atoms with Crippen molar-refractivity contribution < 1.29 is 14.3 Å². The number of carbonyl (C=O) groups excluding carboxylic acids is 2. The number of methoxy groups -OCH3 is 1. The molecule has 5 rings (SSSR count). The maximum atomic E-state index is 13.3. The summed E-state index contributed by atoms with van der Waals surface area (Å²) in [5.41, 5.74) is 2.47. The Morgan fingerprint density at radius 1 is 0.758 bits per heavy atom. The van der Waals surface area contributed by atoms with Gasteiger partial charge in [-0.2, -0.15) is 0 Å². The van der Waals surface area contributed by atoms with Gasteiger partial charge in [0.2, 0.25) is 5.78 Å². The average molecular weight is 435 g/mol. The standard InChI is InChI=1S/C25H17N5O3/c1-33-16-10-8-15(9-11-16)28-19-14-20(31)23-24(25(19)32)30-22(18-7-3-5-13-27-18)21(29-23)17-6-2-4-12-26-17/h2-13H,14H2,1H3. The Labute approximate surface area is 189 Å². The van der Waals surface area contributed by atoms with Crippen molar-refractivity contribution in [3.8, 4) is 28.5 Å². The van der Waals surface area contributed by atoms with E-state index in [0.717, 1.165) is 0 Å². The van der Waals surface area contributed by atoms with Crippen LogP contribution < -0.4 is 4.74 Å². The Morgan fingerprint density at radius 2 is 1.36 bits per heavy atom. The number of rotatable bonds is 4. The SMILES string of the molecule is COc1ccc(N=C2CC(=O)c3nc(-c4ccccn4)c(-c4ccccn4)nc3C2=O)cc1. The fraction of sp³-hybridized carbons (Fsp3) is 0.0800. The molecule has 1 aliphatic rings. The third-order valence-corrected chi connectivity index (χ3v) is 5.12. The van der Waals surface area contributed by atoms with Crippen LogP contribution in [0.1, 0.15) is 27.4 Å². The topological polar surface area (TPSA) is 107 Å². The van der Waals surface area contributed by atoms with Crippen LogP contribution in [0.25, 0.3) is 22.8 Å². The number of aromatic nitrogens is 4. The summed E-state index contributed by atoms with van der Waals surface area (Å²) in [6.07, 6.45) is 3.10. The lowest BCUT2D eigenvalue weighted by molar-refractivity contribution is 0.0957. The van der Waals surface area contributed by atoms with Crippen molar-refractivity contribution in [2.75, 3.05) is 7.11 Å². The van der Waals surface area contributed by atoms with Crippen molar-refractivity contribution >= 4 is 23.0 Å². The normalized spacial score (nSPS) is 14.3. The molecule has 0 spiro atoms. The van der Waals surface area contributed by atoms with Crippen LogP contribution in [-0.2, 0) is 0 Å². The summed E-state index contributed by atoms with van der Waals surface area (Å²) in [5, 5.41) is 0. The molecule has 0 saturated carbocycles. The second-order valence-corrected chi connectivity index (χ2v) is 7.23. The number of carbonyl (C=O) groups is 2. The number of nitrogens with zero attached hydrogens (tertiary/aromatic N) is 5. The molecule has 8 heteroatoms. The largest absolute Gasteiger partial charge is 0.497 e. The molecule has 33 heavy (non-hydrogen) atoms. The number of ketones is 2. The number of ether oxygens (including phenoxy) is 1. The molecule has 0 radical (unpaired) electrons. The van der Waals surface area contributed by atoms with Crippen molar-refractivity contribution in [1.82, 2.24) is 19.9 Å². The van der Waals surface area contributed by atoms with E-state index in [9.17, 15) is 9.59 Å². The third kappa shape index (κ3) is 3.89. The number of fused-ring (bicyclic) bond motifs is 1. The van der Waals surface area contributed by atoms with Gasteiger partial charge in [-0.3, -0.25) is 19.6 Å². The van der Waals surface area contributed by atoms with Crippen molar-refractivity contribution in [1.29, 1.82) is 0 Å². The molecule has 0 amide bonds. The van der Waals surface area contributed by atoms with E-state index in [4.69, 9.17) is 4.74 Å². The molecule has 0 N–H and O–H groups in total. The van der Waals surface area contributed by atoms with E-state index in [2.05, 4.69) is 24.9 Å². The summed E-state index contributed by atoms with van der Waals surface area (Å²) >= 11 is 0. The minimum Gasteiger partial charge on any atom is -0.497 e. The lowest BCUT2D eigenvalue weighted by Crippen LogP contribution is -2.30. The number of Topliss-reactive ketones (excluding diaryl/α,β-unsaturated/α-hetero) is 2. The van der Waals surface area contributed by atoms with Gasteiger partial charge >= 0.3 is 0 Å². The van der Waals surface area contributed by atoms with E-state index in [1.807, 2.05) is 12.1 Å². The molecule has 0 saturated heterocycles. The van der Waals surface area contributed by atoms with E-state index >= 15 is 0 Å². The Balaban J connectivity index is 1.65. The lowest BCUT2D eigenvalue weighted by Gasteiger charge is -2.17. The predicted octanol–water partition coefficient (Wildman–Crippen LogP) is 4.15. The van der Waals surface area contributed by atoms with Gasteiger partial charge < -0.3 is 4.74 Å². The van der Waals surface area contributed by atoms with E-state index in [1.165, 1.54) is 0 Å². The molecule has 4 aromatic rings. The van der Waals surface area contributed by atoms with Gasteiger partial charge in [0, 0.05) is 12.4 Å². The van der Waals surface area contributed by atoms with Crippen molar-refractivity contribution in [2.45, 2.75) is 6.42 Å². The smallest absolute Gasteiger partial charge is 0.228 e. The van der Waals surface area contributed by atoms with Crippen LogP contribution in [0.4, 0.5) is 5.69 Å². The summed E-state index contributed by atoms with van der Waals surface area (Å²) in [6.45, 7) is 0. The van der Waals surface area contributed by atoms with Crippen LogP contribution in [0.15, 0.2) is 78.0 Å². The predicted molar refractivity (Wildman–Crippen MR) is 122 cm³/mol. The first kappa shape index (κ1) is 20.3. The second-order valence-electron chi connectivity index (χ2n) is 7.23. The maximum Gasteiger partial charge on any atom is 0.228 e. The monoisotopic (exact) mass is 435 g/mol. The van der Waals surface area contributed by atoms with Gasteiger partial charge in [-0.1, -0.05) is 12.1 Å². The molecule has 0 aliphatic heterocycles. The molecule has 0 atom stereocenters. The Hall–Kier alpha value is -4.59. The Kier molecular flexibility index (Phi) is 5.24. The first-order valence-electron chi connectivity index (χ1n) is 10.2. The number of hydrogen-bond donors (Lipinski definition) is 0. The highest BCUT2D eigenvalue weighted by Crippen LogP contribution is 2.30. The van der Waals surface area contributed by atoms with E-state index < -0.39 is 5.78 Å². The van der Waals surface area contributed by atoms with Crippen LogP contribution in [-0.4, -0.2) is 44.3 Å². The minimum absolute atomic E-state index is 0.0222. The first-order chi connectivity index (χ1) is 16.1. The molecule has 0 bridgehead atoms. The molecule has 8 nitrogen and oxygen atoms in total. The van der Waals surface area contributed by atoms with E-state index in [1.54, 1.807) is 68.0 Å². The summed E-state index contributed by atoms with van der Waals surface area (Å²) in [6, 6.07) is 17.6. The van der Waals surface area contributed by atoms with Gasteiger partial charge in [-0.05, 0) is 48.5 Å². The summed E-state index contributed by atoms with van der Waals surface area (Å²) < 4.78 is 5.15. The highest BCUT2D eigenvalue weighted by Gasteiger charge is 2.34. The van der Waals surface area contributed by atoms with Crippen molar-refractivity contribution in [3.63, 3.8) is 0 Å². The van der Waals surface area contributed by atoms with Crippen LogP contribution in [0.3, 0.4) is 0 Å². The van der Waals surface area contributed by atoms with Crippen molar-refractivity contribution in [2.24, 2.45) is 4.99 Å². The summed E-state index contributed by atoms with van der Waals surface area (Å²) in [7, 11) is 1.57. The Morgan fingerprint density at radius 3 is 1.91 bits per heavy atom. The quantitative estimate of drug-likeness (QED) is 0.474. The molecular formula is C25H17N5O3. The zero-order valence-corrected chi connectivity index (χ0v) is 17.6. The van der Waals surface area contributed by atoms with Crippen LogP contribution >= 0.6 is 0 Å². The van der Waals surface area contributed by atoms with Gasteiger partial charge in [0.1, 0.15) is 28.5 Å². The summed E-state index contributed by atoms with van der Waals surface area (Å²) in [5.74, 6) is -0.0879. The van der Waals surface area contributed by atoms with Gasteiger partial charge in [-0.25, -0.2) is 15.0 Å². The number of pyridine rings is 2. The molecule has 3 aromatic heterocycles. The fourth-order valence-corrected chi connectivity index (χ4v) is 3.51. The average Bonchev–Trinajstić information content (AvgIpc) is 2.88. The van der Waals surface area contributed by atoms with Crippen molar-refractivity contribution in [3.05, 3.63) is 84.4 Å². The molecule has 1 aromatic carbocycles. The highest BCUT2D eigenvalue weighted by atomic mass is 16.5. The van der Waals surface area contributed by atoms with E-state index in [-0.39, 0.29) is 29.3 Å². The Bertz CT molecular complexity index is 1390. The maximum absolute atomic E-state index is 13.3.